The summed E-state index contributed by atoms with van der Waals surface area (Å²) < 4.78 is 5.56. The van der Waals surface area contributed by atoms with Crippen LogP contribution < -0.4 is 15.8 Å². The minimum Gasteiger partial charge on any atom is -0.494 e. The summed E-state index contributed by atoms with van der Waals surface area (Å²) in [5.74, 6) is 1.09. The lowest BCUT2D eigenvalue weighted by Gasteiger charge is -2.31. The Balaban J connectivity index is 0.00000441. The summed E-state index contributed by atoms with van der Waals surface area (Å²) in [5.41, 5.74) is 6.06. The molecule has 22 heavy (non-hydrogen) atoms. The lowest BCUT2D eigenvalue weighted by molar-refractivity contribution is 0.0898. The zero-order valence-electron chi connectivity index (χ0n) is 14.0. The molecule has 0 bridgehead atoms. The zero-order valence-corrected chi connectivity index (χ0v) is 14.8. The van der Waals surface area contributed by atoms with Crippen LogP contribution in [-0.4, -0.2) is 24.6 Å². The lowest BCUT2D eigenvalue weighted by atomic mass is 9.90. The van der Waals surface area contributed by atoms with Crippen molar-refractivity contribution < 1.29 is 9.53 Å². The number of ether oxygens (including phenoxy) is 1. The number of hydrogen-bond donors (Lipinski definition) is 2. The summed E-state index contributed by atoms with van der Waals surface area (Å²) in [5, 5.41) is 3.05. The molecular weight excluding hydrogens is 300 g/mol. The van der Waals surface area contributed by atoms with E-state index in [0.717, 1.165) is 18.6 Å². The molecule has 1 atom stereocenters. The average molecular weight is 329 g/mol. The van der Waals surface area contributed by atoms with Gasteiger partial charge in [0.25, 0.3) is 5.91 Å². The second-order valence-electron chi connectivity index (χ2n) is 6.19. The highest BCUT2D eigenvalue weighted by molar-refractivity contribution is 5.95. The highest BCUT2D eigenvalue weighted by Gasteiger charge is 2.26. The molecule has 0 aromatic heterocycles. The Kier molecular flexibility index (Phi) is 9.14. The smallest absolute Gasteiger partial charge is 0.251 e. The predicted octanol–water partition coefficient (Wildman–Crippen LogP) is 3.39. The van der Waals surface area contributed by atoms with Gasteiger partial charge in [0.1, 0.15) is 5.75 Å². The van der Waals surface area contributed by atoms with E-state index in [1.165, 1.54) is 0 Å². The van der Waals surface area contributed by atoms with Gasteiger partial charge in [0.2, 0.25) is 0 Å². The average Bonchev–Trinajstić information content (AvgIpc) is 2.44. The SMILES string of the molecule is CCCOc1cccc(C(=O)NC(C)(CN)CC(C)C)c1.Cl. The number of benzene rings is 1. The number of rotatable bonds is 8. The van der Waals surface area contributed by atoms with Crippen LogP contribution in [0.15, 0.2) is 24.3 Å². The molecule has 1 aromatic rings. The van der Waals surface area contributed by atoms with Gasteiger partial charge in [-0.15, -0.1) is 12.4 Å². The molecule has 0 saturated carbocycles. The van der Waals surface area contributed by atoms with E-state index < -0.39 is 0 Å². The number of halogens is 1. The summed E-state index contributed by atoms with van der Waals surface area (Å²) in [6.07, 6.45) is 1.79. The first-order valence-corrected chi connectivity index (χ1v) is 7.65. The van der Waals surface area contributed by atoms with Gasteiger partial charge in [0.15, 0.2) is 0 Å². The summed E-state index contributed by atoms with van der Waals surface area (Å²) in [4.78, 5) is 12.4. The number of carbonyl (C=O) groups excluding carboxylic acids is 1. The standard InChI is InChI=1S/C17H28N2O2.ClH/c1-5-9-21-15-8-6-7-14(10-15)16(20)19-17(4,12-18)11-13(2)3;/h6-8,10,13H,5,9,11-12,18H2,1-4H3,(H,19,20);1H. The Bertz CT molecular complexity index is 466. The molecular formula is C17H29ClN2O2. The monoisotopic (exact) mass is 328 g/mol. The minimum absolute atomic E-state index is 0. The molecule has 0 aliphatic carbocycles. The highest BCUT2D eigenvalue weighted by atomic mass is 35.5. The van der Waals surface area contributed by atoms with Gasteiger partial charge in [-0.1, -0.05) is 26.8 Å². The van der Waals surface area contributed by atoms with Crippen LogP contribution in [-0.2, 0) is 0 Å². The number of nitrogens with two attached hydrogens (primary N) is 1. The molecule has 1 amide bonds. The molecule has 1 rings (SSSR count). The third kappa shape index (κ3) is 6.67. The van der Waals surface area contributed by atoms with E-state index in [1.54, 1.807) is 12.1 Å². The van der Waals surface area contributed by atoms with Gasteiger partial charge in [0.05, 0.1) is 6.61 Å². The van der Waals surface area contributed by atoms with Crippen LogP contribution >= 0.6 is 12.4 Å². The van der Waals surface area contributed by atoms with Crippen molar-refractivity contribution in [3.63, 3.8) is 0 Å². The van der Waals surface area contributed by atoms with Crippen molar-refractivity contribution in [2.75, 3.05) is 13.2 Å². The Morgan fingerprint density at radius 2 is 2.09 bits per heavy atom. The first-order chi connectivity index (χ1) is 9.90. The zero-order chi connectivity index (χ0) is 15.9. The summed E-state index contributed by atoms with van der Waals surface area (Å²) >= 11 is 0. The molecule has 1 aromatic carbocycles. The van der Waals surface area contributed by atoms with E-state index in [2.05, 4.69) is 26.1 Å². The van der Waals surface area contributed by atoms with Crippen molar-refractivity contribution in [2.45, 2.75) is 46.1 Å². The van der Waals surface area contributed by atoms with Gasteiger partial charge in [-0.2, -0.15) is 0 Å². The molecule has 5 heteroatoms. The lowest BCUT2D eigenvalue weighted by Crippen LogP contribution is -2.52. The van der Waals surface area contributed by atoms with Crippen molar-refractivity contribution in [2.24, 2.45) is 11.7 Å². The van der Waals surface area contributed by atoms with Crippen molar-refractivity contribution in [1.82, 2.24) is 5.32 Å². The largest absolute Gasteiger partial charge is 0.494 e. The molecule has 0 heterocycles. The Morgan fingerprint density at radius 3 is 2.64 bits per heavy atom. The summed E-state index contributed by atoms with van der Waals surface area (Å²) in [7, 11) is 0. The predicted molar refractivity (Wildman–Crippen MR) is 93.9 cm³/mol. The molecule has 0 radical (unpaired) electrons. The van der Waals surface area contributed by atoms with Crippen molar-refractivity contribution in [1.29, 1.82) is 0 Å². The second kappa shape index (κ2) is 9.70. The Labute approximate surface area is 140 Å². The molecule has 1 unspecified atom stereocenters. The van der Waals surface area contributed by atoms with Crippen molar-refractivity contribution >= 4 is 18.3 Å². The van der Waals surface area contributed by atoms with Gasteiger partial charge in [0, 0.05) is 17.6 Å². The van der Waals surface area contributed by atoms with Crippen LogP contribution in [0.5, 0.6) is 5.75 Å². The van der Waals surface area contributed by atoms with Gasteiger partial charge in [-0.05, 0) is 43.9 Å². The third-order valence-corrected chi connectivity index (χ3v) is 3.29. The number of carbonyl (C=O) groups is 1. The van der Waals surface area contributed by atoms with E-state index in [0.29, 0.717) is 24.6 Å². The fraction of sp³-hybridized carbons (Fsp3) is 0.588. The van der Waals surface area contributed by atoms with Crippen LogP contribution in [0.4, 0.5) is 0 Å². The van der Waals surface area contributed by atoms with Gasteiger partial charge in [-0.25, -0.2) is 0 Å². The van der Waals surface area contributed by atoms with E-state index in [-0.39, 0.29) is 23.9 Å². The van der Waals surface area contributed by atoms with Crippen molar-refractivity contribution in [3.8, 4) is 5.75 Å². The number of amides is 1. The highest BCUT2D eigenvalue weighted by Crippen LogP contribution is 2.18. The van der Waals surface area contributed by atoms with Crippen molar-refractivity contribution in [3.05, 3.63) is 29.8 Å². The van der Waals surface area contributed by atoms with E-state index in [9.17, 15) is 4.79 Å². The molecule has 3 N–H and O–H groups in total. The minimum atomic E-state index is -0.383. The van der Waals surface area contributed by atoms with Crippen LogP contribution in [0.1, 0.15) is 50.9 Å². The van der Waals surface area contributed by atoms with Gasteiger partial charge < -0.3 is 15.8 Å². The number of hydrogen-bond acceptors (Lipinski definition) is 3. The molecule has 126 valence electrons. The molecule has 0 fully saturated rings. The Hall–Kier alpha value is -1.26. The molecule has 0 spiro atoms. The second-order valence-corrected chi connectivity index (χ2v) is 6.19. The maximum Gasteiger partial charge on any atom is 0.251 e. The maximum atomic E-state index is 12.4. The topological polar surface area (TPSA) is 64.3 Å². The summed E-state index contributed by atoms with van der Waals surface area (Å²) in [6, 6.07) is 7.27. The Morgan fingerprint density at radius 1 is 1.41 bits per heavy atom. The van der Waals surface area contributed by atoms with Gasteiger partial charge >= 0.3 is 0 Å². The molecule has 0 aliphatic heterocycles. The first kappa shape index (κ1) is 20.7. The molecule has 0 saturated heterocycles. The van der Waals surface area contributed by atoms with Crippen LogP contribution in [0, 0.1) is 5.92 Å². The fourth-order valence-electron chi connectivity index (χ4n) is 2.38. The fourth-order valence-corrected chi connectivity index (χ4v) is 2.38. The van der Waals surface area contributed by atoms with Crippen LogP contribution in [0.2, 0.25) is 0 Å². The van der Waals surface area contributed by atoms with E-state index in [4.69, 9.17) is 10.5 Å². The number of nitrogens with one attached hydrogen (secondary N) is 1. The first-order valence-electron chi connectivity index (χ1n) is 7.65. The quantitative estimate of drug-likeness (QED) is 0.768. The van der Waals surface area contributed by atoms with Crippen LogP contribution in [0.3, 0.4) is 0 Å². The normalized spacial score (nSPS) is 13.2. The third-order valence-electron chi connectivity index (χ3n) is 3.29. The molecule has 4 nitrogen and oxygen atoms in total. The molecule has 0 aliphatic rings. The summed E-state index contributed by atoms with van der Waals surface area (Å²) in [6.45, 7) is 9.36. The van der Waals surface area contributed by atoms with E-state index in [1.807, 2.05) is 19.1 Å². The maximum absolute atomic E-state index is 12.4. The van der Waals surface area contributed by atoms with E-state index >= 15 is 0 Å². The van der Waals surface area contributed by atoms with Gasteiger partial charge in [-0.3, -0.25) is 4.79 Å². The van der Waals surface area contributed by atoms with Crippen LogP contribution in [0.25, 0.3) is 0 Å².